The quantitative estimate of drug-likeness (QED) is 0.652. The third kappa shape index (κ3) is 3.91. The van der Waals surface area contributed by atoms with Crippen LogP contribution < -0.4 is 5.43 Å². The van der Waals surface area contributed by atoms with Crippen molar-refractivity contribution in [2.45, 2.75) is 45.4 Å². The molecule has 1 aromatic rings. The molecule has 1 fully saturated rings. The van der Waals surface area contributed by atoms with Gasteiger partial charge in [-0.1, -0.05) is 51.0 Å². The van der Waals surface area contributed by atoms with Gasteiger partial charge in [-0.05, 0) is 29.9 Å². The molecule has 1 aliphatic rings. The number of nitrogens with one attached hydrogen (secondary N) is 1. The van der Waals surface area contributed by atoms with Gasteiger partial charge in [0, 0.05) is 5.92 Å². The number of carbonyl (C=O) groups excluding carboxylic acids is 1. The van der Waals surface area contributed by atoms with E-state index >= 15 is 0 Å². The number of benzene rings is 1. The number of hydrogen-bond acceptors (Lipinski definition) is 2. The molecule has 0 spiro atoms. The van der Waals surface area contributed by atoms with Crippen LogP contribution in [0, 0.1) is 5.92 Å². The maximum atomic E-state index is 11.8. The van der Waals surface area contributed by atoms with Crippen LogP contribution in [0.5, 0.6) is 0 Å². The lowest BCUT2D eigenvalue weighted by Crippen LogP contribution is -2.24. The first-order chi connectivity index (χ1) is 9.16. The Morgan fingerprint density at radius 2 is 1.89 bits per heavy atom. The number of nitrogens with zero attached hydrogens (tertiary/aromatic N) is 1. The van der Waals surface area contributed by atoms with Gasteiger partial charge in [0.15, 0.2) is 0 Å². The van der Waals surface area contributed by atoms with Crippen molar-refractivity contribution in [2.24, 2.45) is 11.0 Å². The molecule has 0 atom stereocenters. The van der Waals surface area contributed by atoms with E-state index in [0.717, 1.165) is 18.4 Å². The standard InChI is InChI=1S/C16H22N2O/c1-12(2)14-9-7-13(8-10-14)11-17-18-16(19)15-5-3-4-6-15/h7-12,15H,3-6H2,1-2H3,(H,18,19)/b17-11-. The summed E-state index contributed by atoms with van der Waals surface area (Å²) >= 11 is 0. The predicted octanol–water partition coefficient (Wildman–Crippen LogP) is 3.45. The Morgan fingerprint density at radius 3 is 2.47 bits per heavy atom. The SMILES string of the molecule is CC(C)c1ccc(/C=N\NC(=O)C2CCCC2)cc1. The first-order valence-electron chi connectivity index (χ1n) is 7.09. The van der Waals surface area contributed by atoms with Crippen molar-refractivity contribution in [2.75, 3.05) is 0 Å². The second kappa shape index (κ2) is 6.50. The molecule has 1 saturated carbocycles. The highest BCUT2D eigenvalue weighted by atomic mass is 16.2. The minimum Gasteiger partial charge on any atom is -0.273 e. The van der Waals surface area contributed by atoms with E-state index in [1.54, 1.807) is 6.21 Å². The van der Waals surface area contributed by atoms with E-state index in [9.17, 15) is 4.79 Å². The van der Waals surface area contributed by atoms with Gasteiger partial charge in [0.25, 0.3) is 0 Å². The van der Waals surface area contributed by atoms with Crippen LogP contribution in [0.15, 0.2) is 29.4 Å². The molecule has 1 N–H and O–H groups in total. The number of rotatable bonds is 4. The zero-order chi connectivity index (χ0) is 13.7. The molecule has 0 heterocycles. The average molecular weight is 258 g/mol. The van der Waals surface area contributed by atoms with Crippen LogP contribution in [0.25, 0.3) is 0 Å². The molecule has 0 bridgehead atoms. The monoisotopic (exact) mass is 258 g/mol. The minimum absolute atomic E-state index is 0.0625. The summed E-state index contributed by atoms with van der Waals surface area (Å²) in [5, 5.41) is 4.04. The lowest BCUT2D eigenvalue weighted by atomic mass is 10.0. The molecular formula is C16H22N2O. The van der Waals surface area contributed by atoms with Crippen molar-refractivity contribution >= 4 is 12.1 Å². The van der Waals surface area contributed by atoms with Crippen LogP contribution in [0.4, 0.5) is 0 Å². The molecule has 0 aliphatic heterocycles. The number of hydrazone groups is 1. The molecule has 0 aromatic heterocycles. The molecule has 0 saturated heterocycles. The first-order valence-corrected chi connectivity index (χ1v) is 7.09. The van der Waals surface area contributed by atoms with Crippen molar-refractivity contribution in [1.82, 2.24) is 5.43 Å². The Morgan fingerprint density at radius 1 is 1.26 bits per heavy atom. The second-order valence-electron chi connectivity index (χ2n) is 5.54. The summed E-state index contributed by atoms with van der Waals surface area (Å²) in [4.78, 5) is 11.8. The van der Waals surface area contributed by atoms with E-state index in [-0.39, 0.29) is 11.8 Å². The highest BCUT2D eigenvalue weighted by Crippen LogP contribution is 2.24. The zero-order valence-electron chi connectivity index (χ0n) is 11.7. The number of amides is 1. The van der Waals surface area contributed by atoms with Crippen molar-refractivity contribution in [3.05, 3.63) is 35.4 Å². The van der Waals surface area contributed by atoms with Gasteiger partial charge in [-0.2, -0.15) is 5.10 Å². The first kappa shape index (κ1) is 13.8. The predicted molar refractivity (Wildman–Crippen MR) is 78.2 cm³/mol. The molecule has 3 heteroatoms. The highest BCUT2D eigenvalue weighted by molar-refractivity contribution is 5.83. The summed E-state index contributed by atoms with van der Waals surface area (Å²) < 4.78 is 0. The fourth-order valence-corrected chi connectivity index (χ4v) is 2.42. The van der Waals surface area contributed by atoms with E-state index in [0.29, 0.717) is 5.92 Å². The van der Waals surface area contributed by atoms with Gasteiger partial charge in [-0.25, -0.2) is 5.43 Å². The molecule has 0 radical (unpaired) electrons. The van der Waals surface area contributed by atoms with E-state index in [4.69, 9.17) is 0 Å². The number of hydrogen-bond donors (Lipinski definition) is 1. The molecule has 1 aromatic carbocycles. The van der Waals surface area contributed by atoms with Crippen LogP contribution in [0.1, 0.15) is 56.6 Å². The normalized spacial score (nSPS) is 16.4. The van der Waals surface area contributed by atoms with Gasteiger partial charge in [-0.3, -0.25) is 4.79 Å². The molecule has 102 valence electrons. The Labute approximate surface area is 115 Å². The summed E-state index contributed by atoms with van der Waals surface area (Å²) in [6.45, 7) is 4.34. The maximum Gasteiger partial charge on any atom is 0.243 e. The molecule has 1 amide bonds. The summed E-state index contributed by atoms with van der Waals surface area (Å²) in [6.07, 6.45) is 6.04. The third-order valence-corrected chi connectivity index (χ3v) is 3.72. The highest BCUT2D eigenvalue weighted by Gasteiger charge is 2.21. The fourth-order valence-electron chi connectivity index (χ4n) is 2.42. The van der Waals surface area contributed by atoms with Crippen LogP contribution in [0.3, 0.4) is 0 Å². The van der Waals surface area contributed by atoms with Gasteiger partial charge in [0.05, 0.1) is 6.21 Å². The van der Waals surface area contributed by atoms with Gasteiger partial charge in [-0.15, -0.1) is 0 Å². The van der Waals surface area contributed by atoms with Crippen molar-refractivity contribution in [3.8, 4) is 0 Å². The van der Waals surface area contributed by atoms with Crippen molar-refractivity contribution in [1.29, 1.82) is 0 Å². The minimum atomic E-state index is 0.0625. The summed E-state index contributed by atoms with van der Waals surface area (Å²) in [6, 6.07) is 8.26. The second-order valence-corrected chi connectivity index (χ2v) is 5.54. The van der Waals surface area contributed by atoms with Crippen LogP contribution in [-0.2, 0) is 4.79 Å². The molecule has 3 nitrogen and oxygen atoms in total. The smallest absolute Gasteiger partial charge is 0.243 e. The summed E-state index contributed by atoms with van der Waals surface area (Å²) in [7, 11) is 0. The zero-order valence-corrected chi connectivity index (χ0v) is 11.7. The average Bonchev–Trinajstić information content (AvgIpc) is 2.93. The Bertz CT molecular complexity index is 442. The Kier molecular flexibility index (Phi) is 4.72. The van der Waals surface area contributed by atoms with Gasteiger partial charge >= 0.3 is 0 Å². The topological polar surface area (TPSA) is 41.5 Å². The van der Waals surface area contributed by atoms with E-state index < -0.39 is 0 Å². The lowest BCUT2D eigenvalue weighted by molar-refractivity contribution is -0.124. The number of carbonyl (C=O) groups is 1. The molecule has 2 rings (SSSR count). The third-order valence-electron chi connectivity index (χ3n) is 3.72. The summed E-state index contributed by atoms with van der Waals surface area (Å²) in [5.41, 5.74) is 4.96. The van der Waals surface area contributed by atoms with E-state index in [1.807, 2.05) is 12.1 Å². The lowest BCUT2D eigenvalue weighted by Gasteiger charge is -2.06. The van der Waals surface area contributed by atoms with Crippen LogP contribution in [-0.4, -0.2) is 12.1 Å². The summed E-state index contributed by atoms with van der Waals surface area (Å²) in [5.74, 6) is 0.765. The Balaban J connectivity index is 1.86. The van der Waals surface area contributed by atoms with Crippen molar-refractivity contribution in [3.63, 3.8) is 0 Å². The van der Waals surface area contributed by atoms with Crippen LogP contribution in [0.2, 0.25) is 0 Å². The molecule has 1 aliphatic carbocycles. The fraction of sp³-hybridized carbons (Fsp3) is 0.500. The van der Waals surface area contributed by atoms with Crippen LogP contribution >= 0.6 is 0 Å². The molecule has 0 unspecified atom stereocenters. The van der Waals surface area contributed by atoms with Gasteiger partial charge in [0.2, 0.25) is 5.91 Å². The van der Waals surface area contributed by atoms with Crippen molar-refractivity contribution < 1.29 is 4.79 Å². The largest absolute Gasteiger partial charge is 0.273 e. The maximum absolute atomic E-state index is 11.8. The van der Waals surface area contributed by atoms with Gasteiger partial charge < -0.3 is 0 Å². The van der Waals surface area contributed by atoms with E-state index in [1.165, 1.54) is 18.4 Å². The molecule has 19 heavy (non-hydrogen) atoms. The van der Waals surface area contributed by atoms with Gasteiger partial charge in [0.1, 0.15) is 0 Å². The Hall–Kier alpha value is -1.64. The van der Waals surface area contributed by atoms with E-state index in [2.05, 4.69) is 36.5 Å². The molecular weight excluding hydrogens is 236 g/mol.